The summed E-state index contributed by atoms with van der Waals surface area (Å²) in [5.41, 5.74) is 4.04. The number of hydrogen-bond acceptors (Lipinski definition) is 4. The molecule has 2 aromatic carbocycles. The first-order chi connectivity index (χ1) is 13.1. The highest BCUT2D eigenvalue weighted by Gasteiger charge is 2.20. The largest absolute Gasteiger partial charge is 0.496 e. The predicted molar refractivity (Wildman–Crippen MR) is 112 cm³/mol. The van der Waals surface area contributed by atoms with Crippen LogP contribution in [0.15, 0.2) is 48.5 Å². The Morgan fingerprint density at radius 1 is 1.07 bits per heavy atom. The summed E-state index contributed by atoms with van der Waals surface area (Å²) in [6, 6.07) is 15.3. The average Bonchev–Trinajstić information content (AvgIpc) is 2.99. The first-order valence-corrected chi connectivity index (χ1v) is 8.98. The van der Waals surface area contributed by atoms with Crippen molar-refractivity contribution in [2.24, 2.45) is 0 Å². The number of nitrogens with zero attached hydrogens (tertiary/aromatic N) is 2. The molecule has 0 spiro atoms. The zero-order valence-electron chi connectivity index (χ0n) is 15.9. The Hall–Kier alpha value is -2.50. The fraction of sp³-hybridized carbons (Fsp3) is 0.238. The Bertz CT molecular complexity index is 956. The molecule has 148 valence electrons. The van der Waals surface area contributed by atoms with Gasteiger partial charge in [0.15, 0.2) is 0 Å². The lowest BCUT2D eigenvalue weighted by atomic mass is 9.99. The highest BCUT2D eigenvalue weighted by molar-refractivity contribution is 6.30. The molecule has 1 aromatic heterocycles. The molecule has 0 atom stereocenters. The Morgan fingerprint density at radius 3 is 2.43 bits per heavy atom. The summed E-state index contributed by atoms with van der Waals surface area (Å²) >= 11 is 6.60. The maximum atomic E-state index is 12.2. The summed E-state index contributed by atoms with van der Waals surface area (Å²) in [6.07, 6.45) is 1.26. The minimum Gasteiger partial charge on any atom is -0.496 e. The molecule has 0 N–H and O–H groups in total. The Kier molecular flexibility index (Phi) is 7.49. The standard InChI is InChI=1S/C21H21ClN2O3.ClH/c1-14-17(20(22)24(23-14)16-9-5-4-6-10-16)13-12-15-8-7-11-18(26-2)19(15)21(25)27-3;/h4-11H,12-13H2,1-3H3;1H. The van der Waals surface area contributed by atoms with E-state index in [2.05, 4.69) is 5.10 Å². The quantitative estimate of drug-likeness (QED) is 0.535. The highest BCUT2D eigenvalue weighted by atomic mass is 35.5. The van der Waals surface area contributed by atoms with Crippen molar-refractivity contribution in [3.63, 3.8) is 0 Å². The molecule has 5 nitrogen and oxygen atoms in total. The molecule has 0 bridgehead atoms. The number of halogens is 2. The van der Waals surface area contributed by atoms with Crippen LogP contribution in [0.5, 0.6) is 5.75 Å². The fourth-order valence-electron chi connectivity index (χ4n) is 3.10. The summed E-state index contributed by atoms with van der Waals surface area (Å²) in [4.78, 5) is 12.2. The van der Waals surface area contributed by atoms with E-state index in [-0.39, 0.29) is 12.4 Å². The van der Waals surface area contributed by atoms with E-state index in [0.717, 1.165) is 22.5 Å². The summed E-state index contributed by atoms with van der Waals surface area (Å²) in [5.74, 6) is 0.0902. The second kappa shape index (κ2) is 9.62. The van der Waals surface area contributed by atoms with E-state index in [1.165, 1.54) is 14.2 Å². The van der Waals surface area contributed by atoms with Gasteiger partial charge in [-0.3, -0.25) is 0 Å². The van der Waals surface area contributed by atoms with Gasteiger partial charge in [-0.05, 0) is 43.5 Å². The monoisotopic (exact) mass is 420 g/mol. The van der Waals surface area contributed by atoms with Gasteiger partial charge >= 0.3 is 5.97 Å². The molecule has 0 fully saturated rings. The minimum atomic E-state index is -0.412. The van der Waals surface area contributed by atoms with Gasteiger partial charge in [0.05, 0.1) is 25.6 Å². The normalized spacial score (nSPS) is 10.3. The highest BCUT2D eigenvalue weighted by Crippen LogP contribution is 2.28. The van der Waals surface area contributed by atoms with Crippen molar-refractivity contribution < 1.29 is 14.3 Å². The molecule has 0 radical (unpaired) electrons. The molecule has 28 heavy (non-hydrogen) atoms. The van der Waals surface area contributed by atoms with Crippen LogP contribution in [0, 0.1) is 6.92 Å². The fourth-order valence-corrected chi connectivity index (χ4v) is 3.47. The maximum Gasteiger partial charge on any atom is 0.341 e. The molecule has 0 saturated carbocycles. The van der Waals surface area contributed by atoms with Gasteiger partial charge in [0.25, 0.3) is 0 Å². The van der Waals surface area contributed by atoms with Gasteiger partial charge in [-0.25, -0.2) is 9.48 Å². The van der Waals surface area contributed by atoms with Crippen LogP contribution in [0.3, 0.4) is 0 Å². The molecule has 0 amide bonds. The van der Waals surface area contributed by atoms with Gasteiger partial charge in [0.1, 0.15) is 16.5 Å². The van der Waals surface area contributed by atoms with Gasteiger partial charge in [0, 0.05) is 5.56 Å². The van der Waals surface area contributed by atoms with Crippen molar-refractivity contribution in [1.82, 2.24) is 9.78 Å². The van der Waals surface area contributed by atoms with Crippen molar-refractivity contribution in [2.45, 2.75) is 19.8 Å². The third kappa shape index (κ3) is 4.32. The van der Waals surface area contributed by atoms with E-state index in [0.29, 0.717) is 29.3 Å². The first kappa shape index (κ1) is 21.8. The SMILES string of the molecule is COC(=O)c1c(CCc2c(C)nn(-c3ccccc3)c2Cl)cccc1OC.Cl. The second-order valence-corrected chi connectivity index (χ2v) is 6.45. The molecule has 1 heterocycles. The average molecular weight is 421 g/mol. The lowest BCUT2D eigenvalue weighted by Crippen LogP contribution is -2.09. The number of ether oxygens (including phenoxy) is 2. The van der Waals surface area contributed by atoms with E-state index in [1.54, 1.807) is 10.7 Å². The number of para-hydroxylation sites is 1. The third-order valence-corrected chi connectivity index (χ3v) is 4.88. The topological polar surface area (TPSA) is 53.3 Å². The first-order valence-electron chi connectivity index (χ1n) is 8.60. The van der Waals surface area contributed by atoms with Crippen molar-refractivity contribution in [2.75, 3.05) is 14.2 Å². The van der Waals surface area contributed by atoms with Crippen LogP contribution in [-0.2, 0) is 17.6 Å². The number of hydrogen-bond donors (Lipinski definition) is 0. The second-order valence-electron chi connectivity index (χ2n) is 6.09. The van der Waals surface area contributed by atoms with Crippen LogP contribution in [0.1, 0.15) is 27.2 Å². The maximum absolute atomic E-state index is 12.2. The predicted octanol–water partition coefficient (Wildman–Crippen LogP) is 4.84. The summed E-state index contributed by atoms with van der Waals surface area (Å²) in [7, 11) is 2.90. The van der Waals surface area contributed by atoms with Crippen LogP contribution in [0.2, 0.25) is 5.15 Å². The number of aryl methyl sites for hydroxylation is 2. The van der Waals surface area contributed by atoms with E-state index >= 15 is 0 Å². The molecule has 3 rings (SSSR count). The molecule has 0 aliphatic rings. The number of aromatic nitrogens is 2. The zero-order valence-corrected chi connectivity index (χ0v) is 17.5. The summed E-state index contributed by atoms with van der Waals surface area (Å²) in [6.45, 7) is 1.94. The number of carbonyl (C=O) groups excluding carboxylic acids is 1. The molecule has 0 saturated heterocycles. The molecule has 0 unspecified atom stereocenters. The minimum absolute atomic E-state index is 0. The van der Waals surface area contributed by atoms with Crippen molar-refractivity contribution in [1.29, 1.82) is 0 Å². The molecular weight excluding hydrogens is 399 g/mol. The van der Waals surface area contributed by atoms with E-state index in [9.17, 15) is 4.79 Å². The Morgan fingerprint density at radius 2 is 1.79 bits per heavy atom. The van der Waals surface area contributed by atoms with E-state index < -0.39 is 5.97 Å². The Labute approximate surface area is 175 Å². The number of esters is 1. The van der Waals surface area contributed by atoms with Crippen molar-refractivity contribution in [3.8, 4) is 11.4 Å². The number of methoxy groups -OCH3 is 2. The van der Waals surface area contributed by atoms with E-state index in [1.807, 2.05) is 49.4 Å². The molecule has 7 heteroatoms. The number of benzene rings is 2. The van der Waals surface area contributed by atoms with Crippen LogP contribution in [0.25, 0.3) is 5.69 Å². The number of rotatable bonds is 6. The molecular formula is C21H22Cl2N2O3. The van der Waals surface area contributed by atoms with E-state index in [4.69, 9.17) is 21.1 Å². The van der Waals surface area contributed by atoms with Crippen LogP contribution in [0.4, 0.5) is 0 Å². The van der Waals surface area contributed by atoms with Crippen LogP contribution >= 0.6 is 24.0 Å². The van der Waals surface area contributed by atoms with Gasteiger partial charge in [-0.1, -0.05) is 41.9 Å². The summed E-state index contributed by atoms with van der Waals surface area (Å²) < 4.78 is 12.0. The molecule has 3 aromatic rings. The van der Waals surface area contributed by atoms with Gasteiger partial charge in [-0.15, -0.1) is 12.4 Å². The van der Waals surface area contributed by atoms with Crippen molar-refractivity contribution in [3.05, 3.63) is 76.1 Å². The lowest BCUT2D eigenvalue weighted by molar-refractivity contribution is 0.0595. The number of carbonyl (C=O) groups is 1. The molecule has 0 aliphatic carbocycles. The Balaban J connectivity index is 0.00000280. The van der Waals surface area contributed by atoms with Gasteiger partial charge in [0.2, 0.25) is 0 Å². The van der Waals surface area contributed by atoms with Crippen LogP contribution in [-0.4, -0.2) is 30.0 Å². The van der Waals surface area contributed by atoms with Gasteiger partial charge in [-0.2, -0.15) is 5.10 Å². The van der Waals surface area contributed by atoms with Crippen molar-refractivity contribution >= 4 is 30.0 Å². The lowest BCUT2D eigenvalue weighted by Gasteiger charge is -2.12. The van der Waals surface area contributed by atoms with Crippen LogP contribution < -0.4 is 4.74 Å². The molecule has 0 aliphatic heterocycles. The third-order valence-electron chi connectivity index (χ3n) is 4.49. The zero-order chi connectivity index (χ0) is 19.4. The smallest absolute Gasteiger partial charge is 0.341 e. The van der Waals surface area contributed by atoms with Gasteiger partial charge < -0.3 is 9.47 Å². The summed E-state index contributed by atoms with van der Waals surface area (Å²) in [5, 5.41) is 5.15.